The minimum Gasteiger partial charge on any atom is -0.341 e. The maximum absolute atomic E-state index is 12.6. The van der Waals surface area contributed by atoms with E-state index in [1.165, 1.54) is 0 Å². The Morgan fingerprint density at radius 3 is 2.56 bits per heavy atom. The molecule has 1 aromatic heterocycles. The van der Waals surface area contributed by atoms with E-state index in [0.717, 1.165) is 37.5 Å². The lowest BCUT2D eigenvalue weighted by molar-refractivity contribution is 0.102. The molecular formula is C18H20Cl2N4O. The number of aromatic nitrogens is 2. The van der Waals surface area contributed by atoms with E-state index < -0.39 is 0 Å². The van der Waals surface area contributed by atoms with Gasteiger partial charge in [0.1, 0.15) is 5.69 Å². The predicted molar refractivity (Wildman–Crippen MR) is 102 cm³/mol. The summed E-state index contributed by atoms with van der Waals surface area (Å²) in [6, 6.07) is 6.64. The summed E-state index contributed by atoms with van der Waals surface area (Å²) >= 11 is 11.9. The lowest BCUT2D eigenvalue weighted by Crippen LogP contribution is -2.34. The van der Waals surface area contributed by atoms with Crippen molar-refractivity contribution in [2.45, 2.75) is 26.7 Å². The zero-order chi connectivity index (χ0) is 18.0. The summed E-state index contributed by atoms with van der Waals surface area (Å²) in [5.74, 6) is 1.04. The van der Waals surface area contributed by atoms with Crippen LogP contribution in [-0.2, 0) is 0 Å². The van der Waals surface area contributed by atoms with Gasteiger partial charge in [0.25, 0.3) is 5.91 Å². The Balaban J connectivity index is 1.79. The number of carbonyl (C=O) groups excluding carboxylic acids is 1. The van der Waals surface area contributed by atoms with Crippen LogP contribution < -0.4 is 10.2 Å². The van der Waals surface area contributed by atoms with Crippen LogP contribution in [0.1, 0.15) is 35.9 Å². The Morgan fingerprint density at radius 2 is 1.88 bits per heavy atom. The summed E-state index contributed by atoms with van der Waals surface area (Å²) in [6.07, 6.45) is 2.23. The summed E-state index contributed by atoms with van der Waals surface area (Å²) in [5.41, 5.74) is 1.68. The van der Waals surface area contributed by atoms with Gasteiger partial charge in [-0.2, -0.15) is 0 Å². The maximum atomic E-state index is 12.6. The number of amides is 1. The standard InChI is InChI=1S/C18H20Cl2N4O/c1-11-5-7-24(8-6-11)18-21-12(2)9-16(23-18)17(25)22-13-3-4-14(19)15(20)10-13/h3-4,9-11H,5-8H2,1-2H3,(H,22,25). The van der Waals surface area contributed by atoms with Gasteiger partial charge in [-0.15, -0.1) is 0 Å². The number of nitrogens with zero attached hydrogens (tertiary/aromatic N) is 3. The Kier molecular flexibility index (Phi) is 5.45. The molecule has 0 bridgehead atoms. The lowest BCUT2D eigenvalue weighted by Gasteiger charge is -2.30. The third kappa shape index (κ3) is 4.41. The van der Waals surface area contributed by atoms with E-state index in [9.17, 15) is 4.79 Å². The quantitative estimate of drug-likeness (QED) is 0.848. The van der Waals surface area contributed by atoms with Crippen molar-refractivity contribution in [3.63, 3.8) is 0 Å². The van der Waals surface area contributed by atoms with Gasteiger partial charge in [0.2, 0.25) is 5.95 Å². The Morgan fingerprint density at radius 1 is 1.16 bits per heavy atom. The maximum Gasteiger partial charge on any atom is 0.274 e. The number of hydrogen-bond donors (Lipinski definition) is 1. The Hall–Kier alpha value is -1.85. The summed E-state index contributed by atoms with van der Waals surface area (Å²) in [6.45, 7) is 5.95. The monoisotopic (exact) mass is 378 g/mol. The molecule has 2 aromatic rings. The molecule has 0 saturated carbocycles. The van der Waals surface area contributed by atoms with Crippen LogP contribution in [0, 0.1) is 12.8 Å². The first-order valence-electron chi connectivity index (χ1n) is 8.29. The number of hydrogen-bond acceptors (Lipinski definition) is 4. The first-order chi connectivity index (χ1) is 11.9. The molecule has 0 unspecified atom stereocenters. The summed E-state index contributed by atoms with van der Waals surface area (Å²) in [7, 11) is 0. The fourth-order valence-corrected chi connectivity index (χ4v) is 3.09. The average Bonchev–Trinajstić information content (AvgIpc) is 2.58. The number of carbonyl (C=O) groups is 1. The largest absolute Gasteiger partial charge is 0.341 e. The second-order valence-electron chi connectivity index (χ2n) is 6.45. The van der Waals surface area contributed by atoms with Gasteiger partial charge in [-0.3, -0.25) is 4.79 Å². The van der Waals surface area contributed by atoms with E-state index in [4.69, 9.17) is 23.2 Å². The molecule has 1 aliphatic rings. The number of nitrogens with one attached hydrogen (secondary N) is 1. The zero-order valence-electron chi connectivity index (χ0n) is 14.2. The fraction of sp³-hybridized carbons (Fsp3) is 0.389. The molecule has 1 N–H and O–H groups in total. The molecule has 0 atom stereocenters. The second-order valence-corrected chi connectivity index (χ2v) is 7.26. The Bertz CT molecular complexity index is 789. The summed E-state index contributed by atoms with van der Waals surface area (Å²) < 4.78 is 0. The van der Waals surface area contributed by atoms with Gasteiger partial charge in [-0.1, -0.05) is 30.1 Å². The molecular weight excluding hydrogens is 359 g/mol. The fourth-order valence-electron chi connectivity index (χ4n) is 2.79. The molecule has 7 heteroatoms. The highest BCUT2D eigenvalue weighted by molar-refractivity contribution is 6.42. The van der Waals surface area contributed by atoms with Gasteiger partial charge >= 0.3 is 0 Å². The first-order valence-corrected chi connectivity index (χ1v) is 9.05. The van der Waals surface area contributed by atoms with Crippen molar-refractivity contribution < 1.29 is 4.79 Å². The molecule has 1 amide bonds. The number of benzene rings is 1. The van der Waals surface area contributed by atoms with Crippen LogP contribution in [0.2, 0.25) is 10.0 Å². The molecule has 1 saturated heterocycles. The van der Waals surface area contributed by atoms with Gasteiger partial charge in [-0.25, -0.2) is 9.97 Å². The molecule has 0 spiro atoms. The van der Waals surface area contributed by atoms with Gasteiger partial charge in [-0.05, 0) is 49.9 Å². The van der Waals surface area contributed by atoms with Crippen LogP contribution in [0.25, 0.3) is 0 Å². The van der Waals surface area contributed by atoms with E-state index in [-0.39, 0.29) is 5.91 Å². The second kappa shape index (κ2) is 7.58. The van der Waals surface area contributed by atoms with Gasteiger partial charge in [0.05, 0.1) is 10.0 Å². The molecule has 5 nitrogen and oxygen atoms in total. The van der Waals surface area contributed by atoms with E-state index in [1.807, 2.05) is 6.92 Å². The zero-order valence-corrected chi connectivity index (χ0v) is 15.7. The SMILES string of the molecule is Cc1cc(C(=O)Nc2ccc(Cl)c(Cl)c2)nc(N2CCC(C)CC2)n1. The highest BCUT2D eigenvalue weighted by Gasteiger charge is 2.20. The first kappa shape index (κ1) is 18.0. The molecule has 0 aliphatic carbocycles. The predicted octanol–water partition coefficient (Wildman–Crippen LogP) is 4.58. The molecule has 132 valence electrons. The van der Waals surface area contributed by atoms with Crippen LogP contribution in [0.5, 0.6) is 0 Å². The van der Waals surface area contributed by atoms with Gasteiger partial charge < -0.3 is 10.2 Å². The van der Waals surface area contributed by atoms with Crippen LogP contribution in [0.3, 0.4) is 0 Å². The van der Waals surface area contributed by atoms with E-state index in [1.54, 1.807) is 24.3 Å². The number of halogens is 2. The van der Waals surface area contributed by atoms with E-state index in [2.05, 4.69) is 27.1 Å². The minimum atomic E-state index is -0.296. The third-order valence-corrected chi connectivity index (χ3v) is 5.06. The summed E-state index contributed by atoms with van der Waals surface area (Å²) in [4.78, 5) is 23.7. The van der Waals surface area contributed by atoms with E-state index >= 15 is 0 Å². The van der Waals surface area contributed by atoms with Crippen LogP contribution in [0.15, 0.2) is 24.3 Å². The lowest BCUT2D eigenvalue weighted by atomic mass is 10.00. The van der Waals surface area contributed by atoms with Crippen molar-refractivity contribution in [1.29, 1.82) is 0 Å². The summed E-state index contributed by atoms with van der Waals surface area (Å²) in [5, 5.41) is 3.63. The average molecular weight is 379 g/mol. The van der Waals surface area contributed by atoms with Gasteiger partial charge in [0.15, 0.2) is 0 Å². The molecule has 1 aliphatic heterocycles. The molecule has 1 aromatic carbocycles. The van der Waals surface area contributed by atoms with Crippen molar-refractivity contribution in [3.05, 3.63) is 45.7 Å². The van der Waals surface area contributed by atoms with Crippen molar-refractivity contribution in [2.24, 2.45) is 5.92 Å². The van der Waals surface area contributed by atoms with Crippen molar-refractivity contribution in [1.82, 2.24) is 9.97 Å². The van der Waals surface area contributed by atoms with Gasteiger partial charge in [0, 0.05) is 24.5 Å². The number of piperidine rings is 1. The number of anilines is 2. The van der Waals surface area contributed by atoms with Crippen molar-refractivity contribution in [3.8, 4) is 0 Å². The minimum absolute atomic E-state index is 0.296. The number of aryl methyl sites for hydroxylation is 1. The highest BCUT2D eigenvalue weighted by Crippen LogP contribution is 2.25. The number of rotatable bonds is 3. The van der Waals surface area contributed by atoms with Crippen molar-refractivity contribution in [2.75, 3.05) is 23.3 Å². The molecule has 2 heterocycles. The normalized spacial score (nSPS) is 15.3. The van der Waals surface area contributed by atoms with E-state index in [0.29, 0.717) is 27.4 Å². The topological polar surface area (TPSA) is 58.1 Å². The van der Waals surface area contributed by atoms with Crippen LogP contribution in [0.4, 0.5) is 11.6 Å². The van der Waals surface area contributed by atoms with Crippen LogP contribution >= 0.6 is 23.2 Å². The van der Waals surface area contributed by atoms with Crippen LogP contribution in [-0.4, -0.2) is 29.0 Å². The van der Waals surface area contributed by atoms with Crippen molar-refractivity contribution >= 4 is 40.7 Å². The molecule has 0 radical (unpaired) electrons. The smallest absolute Gasteiger partial charge is 0.274 e. The molecule has 3 rings (SSSR count). The Labute approximate surface area is 157 Å². The highest BCUT2D eigenvalue weighted by atomic mass is 35.5. The molecule has 1 fully saturated rings. The third-order valence-electron chi connectivity index (χ3n) is 4.32. The molecule has 25 heavy (non-hydrogen) atoms.